The van der Waals surface area contributed by atoms with Crippen LogP contribution in [0.25, 0.3) is 0 Å². The summed E-state index contributed by atoms with van der Waals surface area (Å²) in [6.07, 6.45) is 7.20. The maximum atomic E-state index is 12.5. The molecule has 2 aromatic rings. The van der Waals surface area contributed by atoms with E-state index >= 15 is 0 Å². The van der Waals surface area contributed by atoms with Crippen molar-refractivity contribution in [1.29, 1.82) is 0 Å². The number of methoxy groups -OCH3 is 1. The Bertz CT molecular complexity index is 1040. The van der Waals surface area contributed by atoms with Crippen LogP contribution in [-0.2, 0) is 4.79 Å². The summed E-state index contributed by atoms with van der Waals surface area (Å²) in [6, 6.07) is 5.47. The van der Waals surface area contributed by atoms with E-state index in [1.54, 1.807) is 36.3 Å². The summed E-state index contributed by atoms with van der Waals surface area (Å²) in [5.74, 6) is 1.45. The van der Waals surface area contributed by atoms with Crippen molar-refractivity contribution in [2.24, 2.45) is 0 Å². The lowest BCUT2D eigenvalue weighted by atomic mass is 10.1. The van der Waals surface area contributed by atoms with Crippen LogP contribution in [0, 0.1) is 0 Å². The van der Waals surface area contributed by atoms with Crippen LogP contribution in [0.1, 0.15) is 48.9 Å². The molecular weight excluding hydrogens is 436 g/mol. The van der Waals surface area contributed by atoms with Crippen molar-refractivity contribution in [3.8, 4) is 5.75 Å². The zero-order valence-corrected chi connectivity index (χ0v) is 19.7. The highest BCUT2D eigenvalue weighted by Crippen LogP contribution is 2.36. The van der Waals surface area contributed by atoms with Crippen molar-refractivity contribution in [3.05, 3.63) is 30.0 Å². The monoisotopic (exact) mass is 468 g/mol. The van der Waals surface area contributed by atoms with Crippen LogP contribution < -0.4 is 25.2 Å². The van der Waals surface area contributed by atoms with Crippen molar-refractivity contribution >= 4 is 35.0 Å². The third-order valence-electron chi connectivity index (χ3n) is 6.42. The lowest BCUT2D eigenvalue weighted by molar-refractivity contribution is -0.118. The normalized spacial score (nSPS) is 16.3. The molecule has 182 valence electrons. The molecule has 1 aliphatic carbocycles. The second-order valence-corrected chi connectivity index (χ2v) is 8.61. The first kappa shape index (κ1) is 23.7. The third kappa shape index (κ3) is 5.06. The van der Waals surface area contributed by atoms with E-state index in [1.807, 2.05) is 0 Å². The van der Waals surface area contributed by atoms with Crippen LogP contribution in [0.15, 0.2) is 24.4 Å². The van der Waals surface area contributed by atoms with Crippen LogP contribution in [0.4, 0.5) is 23.1 Å². The zero-order valence-electron chi connectivity index (χ0n) is 19.7. The van der Waals surface area contributed by atoms with Gasteiger partial charge in [0, 0.05) is 44.8 Å². The predicted molar refractivity (Wildman–Crippen MR) is 130 cm³/mol. The standard InChI is InChI=1S/C24H32N6O4/c1-29-19-15-26-24(28-22(19)30(12-10-21(29)32)17-6-3-4-7-17)27-18-9-8-16(14-20(18)34-2)23(33)25-11-5-13-31/h8-9,14-15,17,31H,3-7,10-13H2,1-2H3,(H,25,33)(H,26,27,28). The van der Waals surface area contributed by atoms with Crippen LogP contribution in [-0.4, -0.2) is 66.8 Å². The SMILES string of the molecule is COc1cc(C(=O)NCCCO)ccc1Nc1ncc2c(n1)N(C1CCCC1)CCC(=O)N2C. The number of carbonyl (C=O) groups excluding carboxylic acids is 2. The molecule has 0 unspecified atom stereocenters. The summed E-state index contributed by atoms with van der Waals surface area (Å²) in [5.41, 5.74) is 1.79. The molecule has 1 aromatic carbocycles. The van der Waals surface area contributed by atoms with E-state index in [0.29, 0.717) is 60.6 Å². The van der Waals surface area contributed by atoms with Gasteiger partial charge in [0.15, 0.2) is 5.82 Å². The van der Waals surface area contributed by atoms with Gasteiger partial charge in [-0.15, -0.1) is 0 Å². The molecule has 2 heterocycles. The van der Waals surface area contributed by atoms with E-state index in [4.69, 9.17) is 14.8 Å². The van der Waals surface area contributed by atoms with E-state index in [-0.39, 0.29) is 18.4 Å². The summed E-state index contributed by atoms with van der Waals surface area (Å²) in [6.45, 7) is 1.06. The number of rotatable bonds is 8. The largest absolute Gasteiger partial charge is 0.495 e. The van der Waals surface area contributed by atoms with Gasteiger partial charge in [-0.1, -0.05) is 12.8 Å². The Labute approximate surface area is 199 Å². The first-order valence-electron chi connectivity index (χ1n) is 11.8. The topological polar surface area (TPSA) is 120 Å². The zero-order chi connectivity index (χ0) is 24.1. The Morgan fingerprint density at radius 3 is 2.82 bits per heavy atom. The molecule has 34 heavy (non-hydrogen) atoms. The summed E-state index contributed by atoms with van der Waals surface area (Å²) < 4.78 is 5.50. The van der Waals surface area contributed by atoms with E-state index in [0.717, 1.165) is 18.7 Å². The van der Waals surface area contributed by atoms with Crippen molar-refractivity contribution < 1.29 is 19.4 Å². The lowest BCUT2D eigenvalue weighted by Crippen LogP contribution is -2.34. The lowest BCUT2D eigenvalue weighted by Gasteiger charge is -2.30. The Balaban J connectivity index is 1.59. The molecule has 0 spiro atoms. The van der Waals surface area contributed by atoms with Gasteiger partial charge in [0.1, 0.15) is 11.4 Å². The molecule has 10 heteroatoms. The number of fused-ring (bicyclic) bond motifs is 1. The van der Waals surface area contributed by atoms with Crippen LogP contribution in [0.2, 0.25) is 0 Å². The first-order valence-corrected chi connectivity index (χ1v) is 11.8. The fourth-order valence-electron chi connectivity index (χ4n) is 4.51. The van der Waals surface area contributed by atoms with Gasteiger partial charge in [-0.25, -0.2) is 4.98 Å². The first-order chi connectivity index (χ1) is 16.5. The molecule has 1 fully saturated rings. The number of hydrogen-bond acceptors (Lipinski definition) is 8. The third-order valence-corrected chi connectivity index (χ3v) is 6.42. The summed E-state index contributed by atoms with van der Waals surface area (Å²) in [7, 11) is 3.30. The summed E-state index contributed by atoms with van der Waals surface area (Å²) in [5, 5.41) is 14.9. The molecule has 3 N–H and O–H groups in total. The van der Waals surface area contributed by atoms with Gasteiger partial charge in [-0.2, -0.15) is 4.98 Å². The maximum absolute atomic E-state index is 12.5. The molecule has 2 aliphatic rings. The van der Waals surface area contributed by atoms with E-state index in [1.165, 1.54) is 20.0 Å². The molecule has 0 radical (unpaired) electrons. The van der Waals surface area contributed by atoms with Gasteiger partial charge < -0.3 is 30.3 Å². The Morgan fingerprint density at radius 2 is 2.09 bits per heavy atom. The van der Waals surface area contributed by atoms with Gasteiger partial charge in [0.05, 0.1) is 19.0 Å². The van der Waals surface area contributed by atoms with Crippen molar-refractivity contribution in [1.82, 2.24) is 15.3 Å². The van der Waals surface area contributed by atoms with E-state index < -0.39 is 0 Å². The Kier molecular flexibility index (Phi) is 7.46. The Morgan fingerprint density at radius 1 is 1.29 bits per heavy atom. The number of ether oxygens (including phenoxy) is 1. The molecule has 0 bridgehead atoms. The molecule has 1 aliphatic heterocycles. The molecule has 10 nitrogen and oxygen atoms in total. The van der Waals surface area contributed by atoms with Gasteiger partial charge in [-0.3, -0.25) is 9.59 Å². The molecule has 0 saturated heterocycles. The van der Waals surface area contributed by atoms with Gasteiger partial charge >= 0.3 is 0 Å². The number of amides is 2. The minimum Gasteiger partial charge on any atom is -0.495 e. The second kappa shape index (κ2) is 10.7. The molecular formula is C24H32N6O4. The maximum Gasteiger partial charge on any atom is 0.251 e. The van der Waals surface area contributed by atoms with E-state index in [2.05, 4.69) is 20.5 Å². The molecule has 1 aromatic heterocycles. The quantitative estimate of drug-likeness (QED) is 0.506. The van der Waals surface area contributed by atoms with Crippen molar-refractivity contribution in [2.75, 3.05) is 49.0 Å². The highest BCUT2D eigenvalue weighted by molar-refractivity contribution is 5.97. The summed E-state index contributed by atoms with van der Waals surface area (Å²) in [4.78, 5) is 38.0. The van der Waals surface area contributed by atoms with Gasteiger partial charge in [0.2, 0.25) is 11.9 Å². The number of nitrogens with zero attached hydrogens (tertiary/aromatic N) is 4. The second-order valence-electron chi connectivity index (χ2n) is 8.61. The van der Waals surface area contributed by atoms with Crippen LogP contribution >= 0.6 is 0 Å². The van der Waals surface area contributed by atoms with E-state index in [9.17, 15) is 9.59 Å². The van der Waals surface area contributed by atoms with Crippen molar-refractivity contribution in [2.45, 2.75) is 44.6 Å². The number of anilines is 4. The minimum absolute atomic E-state index is 0.0232. The van der Waals surface area contributed by atoms with Crippen LogP contribution in [0.3, 0.4) is 0 Å². The predicted octanol–water partition coefficient (Wildman–Crippen LogP) is 2.46. The number of carbonyl (C=O) groups is 2. The number of aliphatic hydroxyl groups is 1. The fraction of sp³-hybridized carbons (Fsp3) is 0.500. The number of benzene rings is 1. The molecule has 0 atom stereocenters. The Hall–Kier alpha value is -3.40. The number of aromatic nitrogens is 2. The number of nitrogens with one attached hydrogen (secondary N) is 2. The smallest absolute Gasteiger partial charge is 0.251 e. The molecule has 2 amide bonds. The highest BCUT2D eigenvalue weighted by atomic mass is 16.5. The van der Waals surface area contributed by atoms with Crippen molar-refractivity contribution in [3.63, 3.8) is 0 Å². The fourth-order valence-corrected chi connectivity index (χ4v) is 4.51. The average Bonchev–Trinajstić information content (AvgIpc) is 3.35. The molecule has 1 saturated carbocycles. The average molecular weight is 469 g/mol. The van der Waals surface area contributed by atoms with Crippen LogP contribution in [0.5, 0.6) is 5.75 Å². The molecule has 4 rings (SSSR count). The highest BCUT2D eigenvalue weighted by Gasteiger charge is 2.31. The van der Waals surface area contributed by atoms with Gasteiger partial charge in [-0.05, 0) is 37.5 Å². The summed E-state index contributed by atoms with van der Waals surface area (Å²) >= 11 is 0. The minimum atomic E-state index is -0.237. The number of aliphatic hydroxyl groups excluding tert-OH is 1. The number of hydrogen-bond donors (Lipinski definition) is 3. The van der Waals surface area contributed by atoms with Gasteiger partial charge in [0.25, 0.3) is 5.91 Å².